The Morgan fingerprint density at radius 1 is 1.12 bits per heavy atom. The lowest BCUT2D eigenvalue weighted by atomic mass is 9.81. The first-order chi connectivity index (χ1) is 11.8. The molecule has 130 valence electrons. The Morgan fingerprint density at radius 3 is 2.75 bits per heavy atom. The van der Waals surface area contributed by atoms with Gasteiger partial charge in [0.15, 0.2) is 0 Å². The average Bonchev–Trinajstić information content (AvgIpc) is 3.06. The molecule has 1 N–H and O–H groups in total. The van der Waals surface area contributed by atoms with E-state index < -0.39 is 0 Å². The van der Waals surface area contributed by atoms with Crippen LogP contribution in [-0.2, 0) is 0 Å². The maximum atomic E-state index is 4.52. The molecule has 0 spiro atoms. The van der Waals surface area contributed by atoms with Crippen molar-refractivity contribution in [3.05, 3.63) is 18.6 Å². The lowest BCUT2D eigenvalue weighted by Crippen LogP contribution is -2.44. The summed E-state index contributed by atoms with van der Waals surface area (Å²) >= 11 is 2.21. The normalized spacial score (nSPS) is 24.9. The summed E-state index contributed by atoms with van der Waals surface area (Å²) in [6.07, 6.45) is 13.6. The number of aromatic nitrogens is 3. The molecule has 2 aromatic heterocycles. The summed E-state index contributed by atoms with van der Waals surface area (Å²) in [7, 11) is 2.19. The fraction of sp³-hybridized carbons (Fsp3) is 0.684. The molecule has 4 nitrogen and oxygen atoms in total. The lowest BCUT2D eigenvalue weighted by Gasteiger charge is -2.42. The minimum atomic E-state index is 0.637. The number of aromatic amines is 1. The largest absolute Gasteiger partial charge is 0.356 e. The van der Waals surface area contributed by atoms with E-state index >= 15 is 0 Å². The van der Waals surface area contributed by atoms with Gasteiger partial charge in [0.05, 0.1) is 5.39 Å². The zero-order chi connectivity index (χ0) is 16.4. The van der Waals surface area contributed by atoms with Crippen molar-refractivity contribution in [1.29, 1.82) is 0 Å². The Balaban J connectivity index is 1.24. The van der Waals surface area contributed by atoms with Gasteiger partial charge in [0.1, 0.15) is 17.8 Å². The molecule has 2 aliphatic carbocycles. The van der Waals surface area contributed by atoms with Crippen LogP contribution < -0.4 is 4.90 Å². The molecule has 2 heterocycles. The van der Waals surface area contributed by atoms with E-state index in [1.54, 1.807) is 6.33 Å². The highest BCUT2D eigenvalue weighted by molar-refractivity contribution is 7.99. The number of fused-ring (bicyclic) bond motifs is 1. The number of nitrogens with zero attached hydrogens (tertiary/aromatic N) is 3. The topological polar surface area (TPSA) is 44.8 Å². The zero-order valence-corrected chi connectivity index (χ0v) is 15.4. The van der Waals surface area contributed by atoms with E-state index in [1.165, 1.54) is 56.5 Å². The summed E-state index contributed by atoms with van der Waals surface area (Å²) in [4.78, 5) is 14.3. The van der Waals surface area contributed by atoms with Crippen molar-refractivity contribution < 1.29 is 0 Å². The van der Waals surface area contributed by atoms with Crippen molar-refractivity contribution in [2.24, 2.45) is 11.8 Å². The molecular formula is C19H28N4S. The van der Waals surface area contributed by atoms with E-state index in [4.69, 9.17) is 0 Å². The number of hydrogen-bond donors (Lipinski definition) is 1. The van der Waals surface area contributed by atoms with Gasteiger partial charge in [0.25, 0.3) is 0 Å². The molecule has 0 aliphatic heterocycles. The fourth-order valence-electron chi connectivity index (χ4n) is 4.22. The van der Waals surface area contributed by atoms with Crippen molar-refractivity contribution in [1.82, 2.24) is 15.0 Å². The maximum absolute atomic E-state index is 4.52. The van der Waals surface area contributed by atoms with Gasteiger partial charge in [0.2, 0.25) is 0 Å². The molecule has 0 atom stereocenters. The number of H-pyrrole nitrogens is 1. The third-order valence-electron chi connectivity index (χ3n) is 5.86. The maximum Gasteiger partial charge on any atom is 0.142 e. The number of anilines is 1. The van der Waals surface area contributed by atoms with Crippen LogP contribution in [0.2, 0.25) is 0 Å². The van der Waals surface area contributed by atoms with Gasteiger partial charge in [0, 0.05) is 19.3 Å². The van der Waals surface area contributed by atoms with Crippen molar-refractivity contribution in [3.63, 3.8) is 0 Å². The molecule has 5 heteroatoms. The van der Waals surface area contributed by atoms with E-state index in [0.717, 1.165) is 28.7 Å². The third kappa shape index (κ3) is 3.41. The number of rotatable bonds is 6. The summed E-state index contributed by atoms with van der Waals surface area (Å²) in [6.45, 7) is 0. The van der Waals surface area contributed by atoms with Gasteiger partial charge in [-0.15, -0.1) is 0 Å². The van der Waals surface area contributed by atoms with E-state index in [1.807, 2.05) is 6.20 Å². The Morgan fingerprint density at radius 2 is 1.92 bits per heavy atom. The predicted octanol–water partition coefficient (Wildman–Crippen LogP) is 4.49. The minimum absolute atomic E-state index is 0.637. The van der Waals surface area contributed by atoms with Gasteiger partial charge in [-0.3, -0.25) is 0 Å². The molecule has 0 radical (unpaired) electrons. The Bertz CT molecular complexity index is 658. The fourth-order valence-corrected chi connectivity index (χ4v) is 5.63. The number of thioether (sulfide) groups is 1. The predicted molar refractivity (Wildman–Crippen MR) is 103 cm³/mol. The molecule has 0 bridgehead atoms. The molecule has 0 amide bonds. The molecule has 2 fully saturated rings. The monoisotopic (exact) mass is 344 g/mol. The highest BCUT2D eigenvalue weighted by Crippen LogP contribution is 2.37. The Labute approximate surface area is 148 Å². The zero-order valence-electron chi connectivity index (χ0n) is 14.6. The van der Waals surface area contributed by atoms with E-state index in [2.05, 4.69) is 44.7 Å². The Kier molecular flexibility index (Phi) is 4.97. The first-order valence-corrected chi connectivity index (χ1v) is 10.6. The summed E-state index contributed by atoms with van der Waals surface area (Å²) in [5.74, 6) is 5.72. The van der Waals surface area contributed by atoms with Crippen molar-refractivity contribution in [2.75, 3.05) is 23.5 Å². The average molecular weight is 345 g/mol. The van der Waals surface area contributed by atoms with Gasteiger partial charge in [-0.05, 0) is 55.1 Å². The molecule has 2 saturated carbocycles. The van der Waals surface area contributed by atoms with Crippen molar-refractivity contribution in [3.8, 4) is 0 Å². The highest BCUT2D eigenvalue weighted by atomic mass is 32.2. The lowest BCUT2D eigenvalue weighted by molar-refractivity contribution is 0.285. The Hall–Kier alpha value is -1.23. The van der Waals surface area contributed by atoms with Crippen LogP contribution in [0.1, 0.15) is 44.9 Å². The van der Waals surface area contributed by atoms with Gasteiger partial charge < -0.3 is 9.88 Å². The van der Waals surface area contributed by atoms with E-state index in [9.17, 15) is 0 Å². The first kappa shape index (κ1) is 16.2. The van der Waals surface area contributed by atoms with Crippen LogP contribution >= 0.6 is 11.8 Å². The highest BCUT2D eigenvalue weighted by Gasteiger charge is 2.33. The molecule has 24 heavy (non-hydrogen) atoms. The van der Waals surface area contributed by atoms with Gasteiger partial charge >= 0.3 is 0 Å². The van der Waals surface area contributed by atoms with Crippen LogP contribution in [0, 0.1) is 11.8 Å². The summed E-state index contributed by atoms with van der Waals surface area (Å²) in [5, 5.41) is 1.13. The quantitative estimate of drug-likeness (QED) is 0.839. The van der Waals surface area contributed by atoms with Crippen LogP contribution in [0.25, 0.3) is 11.0 Å². The van der Waals surface area contributed by atoms with Gasteiger partial charge in [-0.1, -0.05) is 19.3 Å². The molecule has 0 aromatic carbocycles. The van der Waals surface area contributed by atoms with E-state index in [-0.39, 0.29) is 0 Å². The smallest absolute Gasteiger partial charge is 0.142 e. The van der Waals surface area contributed by atoms with Crippen LogP contribution in [0.5, 0.6) is 0 Å². The molecule has 0 saturated heterocycles. The number of nitrogens with one attached hydrogen (secondary N) is 1. The molecule has 2 aromatic rings. The SMILES string of the molecule is CN(c1ncnc2[nH]ccc12)C1CC(CSCC2CCCCC2)C1. The van der Waals surface area contributed by atoms with E-state index in [0.29, 0.717) is 6.04 Å². The molecule has 2 aliphatic rings. The standard InChI is InChI=1S/C19H28N4S/c1-23(19-17-7-8-20-18(17)21-13-22-19)16-9-15(10-16)12-24-11-14-5-3-2-4-6-14/h7-8,13-16H,2-6,9-12H2,1H3,(H,20,21,22). The van der Waals surface area contributed by atoms with Gasteiger partial charge in [-0.25, -0.2) is 9.97 Å². The number of hydrogen-bond acceptors (Lipinski definition) is 4. The van der Waals surface area contributed by atoms with Crippen molar-refractivity contribution in [2.45, 2.75) is 51.0 Å². The second-order valence-electron chi connectivity index (χ2n) is 7.58. The second kappa shape index (κ2) is 7.34. The second-order valence-corrected chi connectivity index (χ2v) is 8.66. The minimum Gasteiger partial charge on any atom is -0.356 e. The van der Waals surface area contributed by atoms with Crippen LogP contribution in [-0.4, -0.2) is 39.5 Å². The summed E-state index contributed by atoms with van der Waals surface area (Å²) < 4.78 is 0. The summed E-state index contributed by atoms with van der Waals surface area (Å²) in [6, 6.07) is 2.72. The third-order valence-corrected chi connectivity index (χ3v) is 7.27. The van der Waals surface area contributed by atoms with Crippen LogP contribution in [0.3, 0.4) is 0 Å². The molecule has 0 unspecified atom stereocenters. The molecular weight excluding hydrogens is 316 g/mol. The van der Waals surface area contributed by atoms with Crippen LogP contribution in [0.15, 0.2) is 18.6 Å². The summed E-state index contributed by atoms with van der Waals surface area (Å²) in [5.41, 5.74) is 0.936. The van der Waals surface area contributed by atoms with Crippen LogP contribution in [0.4, 0.5) is 5.82 Å². The van der Waals surface area contributed by atoms with Crippen molar-refractivity contribution >= 4 is 28.6 Å². The molecule has 4 rings (SSSR count). The van der Waals surface area contributed by atoms with Gasteiger partial charge in [-0.2, -0.15) is 11.8 Å². The first-order valence-electron chi connectivity index (χ1n) is 9.40.